The van der Waals surface area contributed by atoms with Crippen LogP contribution in [0.1, 0.15) is 6.92 Å². The van der Waals surface area contributed by atoms with E-state index in [2.05, 4.69) is 0 Å². The normalized spacial score (nSPS) is 32.6. The second kappa shape index (κ2) is 3.70. The lowest BCUT2D eigenvalue weighted by Crippen LogP contribution is -2.38. The summed E-state index contributed by atoms with van der Waals surface area (Å²) in [6.07, 6.45) is 3.14. The average Bonchev–Trinajstić information content (AvgIpc) is 1.97. The molecule has 0 aromatic rings. The van der Waals surface area contributed by atoms with Gasteiger partial charge in [-0.15, -0.1) is 0 Å². The third-order valence-corrected chi connectivity index (χ3v) is 2.07. The number of hydrogen-bond donors (Lipinski definition) is 1. The van der Waals surface area contributed by atoms with E-state index in [0.717, 1.165) is 0 Å². The van der Waals surface area contributed by atoms with Gasteiger partial charge in [-0.3, -0.25) is 4.79 Å². The maximum atomic E-state index is 10.6. The minimum absolute atomic E-state index is 0.372. The molecule has 2 atom stereocenters. The molecule has 13 heavy (non-hydrogen) atoms. The molecule has 1 N–H and O–H groups in total. The summed E-state index contributed by atoms with van der Waals surface area (Å²) in [6, 6.07) is 0. The first-order valence-corrected chi connectivity index (χ1v) is 4.32. The molecule has 0 fully saturated rings. The molecule has 1 rings (SSSR count). The van der Waals surface area contributed by atoms with Crippen molar-refractivity contribution in [3.63, 3.8) is 0 Å². The van der Waals surface area contributed by atoms with Gasteiger partial charge in [0.2, 0.25) is 0 Å². The SMILES string of the molecule is CC(=O)OC1C=C(Cl)C=CC1(O)Cl. The van der Waals surface area contributed by atoms with Crippen molar-refractivity contribution >= 4 is 29.2 Å². The van der Waals surface area contributed by atoms with Crippen LogP contribution in [0.4, 0.5) is 0 Å². The Bertz CT molecular complexity index is 281. The van der Waals surface area contributed by atoms with Crippen LogP contribution in [0.3, 0.4) is 0 Å². The fourth-order valence-corrected chi connectivity index (χ4v) is 1.25. The van der Waals surface area contributed by atoms with E-state index in [-0.39, 0.29) is 0 Å². The molecule has 0 aliphatic heterocycles. The van der Waals surface area contributed by atoms with Gasteiger partial charge in [-0.1, -0.05) is 23.2 Å². The van der Waals surface area contributed by atoms with E-state index >= 15 is 0 Å². The molecule has 3 nitrogen and oxygen atoms in total. The molecule has 0 saturated heterocycles. The molecule has 0 amide bonds. The van der Waals surface area contributed by atoms with E-state index in [9.17, 15) is 9.90 Å². The fourth-order valence-electron chi connectivity index (χ4n) is 0.904. The average molecular weight is 223 g/mol. The number of esters is 1. The molecule has 2 unspecified atom stereocenters. The number of ether oxygens (including phenoxy) is 1. The summed E-state index contributed by atoms with van der Waals surface area (Å²) in [4.78, 5) is 10.6. The Morgan fingerprint density at radius 1 is 1.77 bits per heavy atom. The van der Waals surface area contributed by atoms with E-state index in [1.807, 2.05) is 0 Å². The Kier molecular flexibility index (Phi) is 3.01. The standard InChI is InChI=1S/C8H8Cl2O3/c1-5(11)13-7-4-6(9)2-3-8(7,10)12/h2-4,7,12H,1H3. The van der Waals surface area contributed by atoms with E-state index in [4.69, 9.17) is 27.9 Å². The van der Waals surface area contributed by atoms with Crippen LogP contribution in [0.2, 0.25) is 0 Å². The zero-order valence-electron chi connectivity index (χ0n) is 6.83. The van der Waals surface area contributed by atoms with Crippen LogP contribution in [0, 0.1) is 0 Å². The predicted octanol–water partition coefficient (Wildman–Crippen LogP) is 1.54. The van der Waals surface area contributed by atoms with Crippen LogP contribution in [0.15, 0.2) is 23.3 Å². The summed E-state index contributed by atoms with van der Waals surface area (Å²) in [7, 11) is 0. The number of hydrogen-bond acceptors (Lipinski definition) is 3. The van der Waals surface area contributed by atoms with Crippen molar-refractivity contribution in [3.8, 4) is 0 Å². The molecule has 0 aromatic heterocycles. The summed E-state index contributed by atoms with van der Waals surface area (Å²) in [5, 5.41) is 8.17. The zero-order valence-corrected chi connectivity index (χ0v) is 8.34. The minimum Gasteiger partial charge on any atom is -0.453 e. The van der Waals surface area contributed by atoms with Gasteiger partial charge < -0.3 is 9.84 Å². The number of allylic oxidation sites excluding steroid dienone is 2. The van der Waals surface area contributed by atoms with Gasteiger partial charge in [0.05, 0.1) is 0 Å². The molecule has 0 radical (unpaired) electrons. The summed E-state index contributed by atoms with van der Waals surface area (Å²) >= 11 is 11.3. The van der Waals surface area contributed by atoms with Crippen molar-refractivity contribution in [3.05, 3.63) is 23.3 Å². The van der Waals surface area contributed by atoms with Gasteiger partial charge in [-0.25, -0.2) is 0 Å². The quantitative estimate of drug-likeness (QED) is 0.541. The molecular weight excluding hydrogens is 215 g/mol. The van der Waals surface area contributed by atoms with E-state index < -0.39 is 17.1 Å². The van der Waals surface area contributed by atoms with Gasteiger partial charge in [0.1, 0.15) is 0 Å². The maximum Gasteiger partial charge on any atom is 0.303 e. The van der Waals surface area contributed by atoms with Crippen molar-refractivity contribution in [2.45, 2.75) is 18.1 Å². The first kappa shape index (κ1) is 10.6. The third kappa shape index (κ3) is 2.72. The topological polar surface area (TPSA) is 46.5 Å². The van der Waals surface area contributed by atoms with E-state index in [1.54, 1.807) is 0 Å². The van der Waals surface area contributed by atoms with Crippen LogP contribution in [0.5, 0.6) is 0 Å². The maximum absolute atomic E-state index is 10.6. The molecule has 0 heterocycles. The lowest BCUT2D eigenvalue weighted by Gasteiger charge is -2.27. The number of aliphatic hydroxyl groups is 1. The van der Waals surface area contributed by atoms with Gasteiger partial charge in [-0.05, 0) is 18.2 Å². The summed E-state index contributed by atoms with van der Waals surface area (Å²) in [6.45, 7) is 1.23. The Morgan fingerprint density at radius 2 is 2.38 bits per heavy atom. The van der Waals surface area contributed by atoms with Crippen molar-refractivity contribution < 1.29 is 14.6 Å². The van der Waals surface area contributed by atoms with Gasteiger partial charge in [-0.2, -0.15) is 0 Å². The lowest BCUT2D eigenvalue weighted by atomic mass is 10.1. The number of carbonyl (C=O) groups is 1. The smallest absolute Gasteiger partial charge is 0.303 e. The zero-order chi connectivity index (χ0) is 10.1. The van der Waals surface area contributed by atoms with Crippen LogP contribution >= 0.6 is 23.2 Å². The summed E-state index contributed by atoms with van der Waals surface area (Å²) in [5.41, 5.74) is 0. The highest BCUT2D eigenvalue weighted by Gasteiger charge is 2.35. The number of halogens is 2. The molecular formula is C8H8Cl2O3. The highest BCUT2D eigenvalue weighted by atomic mass is 35.5. The number of rotatable bonds is 1. The second-order valence-corrected chi connectivity index (χ2v) is 3.68. The van der Waals surface area contributed by atoms with E-state index in [0.29, 0.717) is 5.03 Å². The molecule has 72 valence electrons. The first-order chi connectivity index (χ1) is 5.92. The highest BCUT2D eigenvalue weighted by molar-refractivity contribution is 6.32. The number of alkyl halides is 1. The van der Waals surface area contributed by atoms with Crippen LogP contribution < -0.4 is 0 Å². The Hall–Kier alpha value is -0.510. The minimum atomic E-state index is -1.70. The van der Waals surface area contributed by atoms with E-state index in [1.165, 1.54) is 25.2 Å². The summed E-state index contributed by atoms with van der Waals surface area (Å²) in [5.74, 6) is -0.528. The highest BCUT2D eigenvalue weighted by Crippen LogP contribution is 2.29. The van der Waals surface area contributed by atoms with Gasteiger partial charge >= 0.3 is 5.97 Å². The second-order valence-electron chi connectivity index (χ2n) is 2.64. The predicted molar refractivity (Wildman–Crippen MR) is 49.4 cm³/mol. The number of carbonyl (C=O) groups excluding carboxylic acids is 1. The molecule has 5 heteroatoms. The first-order valence-electron chi connectivity index (χ1n) is 3.57. The van der Waals surface area contributed by atoms with Crippen molar-refractivity contribution in [1.29, 1.82) is 0 Å². The monoisotopic (exact) mass is 222 g/mol. The van der Waals surface area contributed by atoms with Crippen molar-refractivity contribution in [2.75, 3.05) is 0 Å². The molecule has 1 aliphatic carbocycles. The lowest BCUT2D eigenvalue weighted by molar-refractivity contribution is -0.149. The molecule has 0 aromatic carbocycles. The molecule has 0 saturated carbocycles. The Labute approximate surface area is 85.6 Å². The molecule has 0 bridgehead atoms. The third-order valence-electron chi connectivity index (χ3n) is 1.48. The summed E-state index contributed by atoms with van der Waals surface area (Å²) < 4.78 is 4.74. The molecule has 0 spiro atoms. The van der Waals surface area contributed by atoms with Crippen LogP contribution in [0.25, 0.3) is 0 Å². The molecule has 1 aliphatic rings. The van der Waals surface area contributed by atoms with Crippen molar-refractivity contribution in [1.82, 2.24) is 0 Å². The van der Waals surface area contributed by atoms with Crippen molar-refractivity contribution in [2.24, 2.45) is 0 Å². The fraction of sp³-hybridized carbons (Fsp3) is 0.375. The van der Waals surface area contributed by atoms with Gasteiger partial charge in [0, 0.05) is 12.0 Å². The van der Waals surface area contributed by atoms with Crippen LogP contribution in [-0.4, -0.2) is 22.2 Å². The van der Waals surface area contributed by atoms with Crippen LogP contribution in [-0.2, 0) is 9.53 Å². The van der Waals surface area contributed by atoms with Gasteiger partial charge in [0.15, 0.2) is 11.2 Å². The Morgan fingerprint density at radius 3 is 2.92 bits per heavy atom. The Balaban J connectivity index is 2.81. The largest absolute Gasteiger partial charge is 0.453 e. The van der Waals surface area contributed by atoms with Gasteiger partial charge in [0.25, 0.3) is 0 Å².